The van der Waals surface area contributed by atoms with Crippen molar-refractivity contribution in [2.45, 2.75) is 26.7 Å². The Morgan fingerprint density at radius 1 is 1.08 bits per heavy atom. The van der Waals surface area contributed by atoms with Gasteiger partial charge in [-0.2, -0.15) is 5.10 Å². The average Bonchev–Trinajstić information content (AvgIpc) is 2.62. The fraction of sp³-hybridized carbons (Fsp3) is 0.238. The van der Waals surface area contributed by atoms with Crippen LogP contribution in [0.1, 0.15) is 48.2 Å². The third-order valence-electron chi connectivity index (χ3n) is 3.78. The summed E-state index contributed by atoms with van der Waals surface area (Å²) in [6.07, 6.45) is 3.66. The van der Waals surface area contributed by atoms with Crippen LogP contribution < -0.4 is 10.2 Å². The lowest BCUT2D eigenvalue weighted by atomic mass is 10.0. The van der Waals surface area contributed by atoms with Gasteiger partial charge < -0.3 is 4.74 Å². The topological polar surface area (TPSA) is 50.7 Å². The molecule has 0 unspecified atom stereocenters. The smallest absolute Gasteiger partial charge is 0.271 e. The zero-order chi connectivity index (χ0) is 18.2. The van der Waals surface area contributed by atoms with E-state index in [1.165, 1.54) is 5.56 Å². The normalized spacial score (nSPS) is 11.8. The minimum Gasteiger partial charge on any atom is -0.497 e. The van der Waals surface area contributed by atoms with Crippen molar-refractivity contribution in [1.29, 1.82) is 0 Å². The van der Waals surface area contributed by atoms with Gasteiger partial charge in [-0.25, -0.2) is 5.43 Å². The van der Waals surface area contributed by atoms with Crippen molar-refractivity contribution < 1.29 is 9.53 Å². The highest BCUT2D eigenvalue weighted by molar-refractivity contribution is 5.95. The number of methoxy groups -OCH3 is 1. The molecule has 0 fully saturated rings. The Bertz CT molecular complexity index is 757. The molecule has 2 aromatic carbocycles. The van der Waals surface area contributed by atoms with E-state index in [2.05, 4.69) is 48.6 Å². The number of hydrogen-bond donors (Lipinski definition) is 1. The second-order valence-corrected chi connectivity index (χ2v) is 6.14. The molecule has 130 valence electrons. The predicted molar refractivity (Wildman–Crippen MR) is 103 cm³/mol. The summed E-state index contributed by atoms with van der Waals surface area (Å²) in [6.45, 7) is 6.29. The molecule has 2 rings (SSSR count). The van der Waals surface area contributed by atoms with E-state index in [1.807, 2.05) is 13.0 Å². The van der Waals surface area contributed by atoms with Crippen LogP contribution in [-0.4, -0.2) is 19.2 Å². The maximum absolute atomic E-state index is 12.0. The number of benzene rings is 2. The Morgan fingerprint density at radius 2 is 1.72 bits per heavy atom. The number of carbonyl (C=O) groups is 1. The van der Waals surface area contributed by atoms with Gasteiger partial charge in [0.25, 0.3) is 5.91 Å². The SMILES string of the molecule is COc1ccc(C(=O)N/N=C\C(C)=C\c2ccc(C(C)C)cc2)cc1. The van der Waals surface area contributed by atoms with E-state index in [4.69, 9.17) is 4.74 Å². The number of amides is 1. The molecule has 0 atom stereocenters. The highest BCUT2D eigenvalue weighted by atomic mass is 16.5. The third-order valence-corrected chi connectivity index (χ3v) is 3.78. The van der Waals surface area contributed by atoms with Gasteiger partial charge in [0.1, 0.15) is 5.75 Å². The van der Waals surface area contributed by atoms with Crippen LogP contribution in [0.2, 0.25) is 0 Å². The van der Waals surface area contributed by atoms with Crippen LogP contribution in [0.4, 0.5) is 0 Å². The molecule has 4 heteroatoms. The van der Waals surface area contributed by atoms with Gasteiger partial charge in [-0.15, -0.1) is 0 Å². The van der Waals surface area contributed by atoms with E-state index in [1.54, 1.807) is 37.6 Å². The lowest BCUT2D eigenvalue weighted by Gasteiger charge is -2.05. The van der Waals surface area contributed by atoms with Gasteiger partial charge in [-0.05, 0) is 53.8 Å². The molecule has 0 aliphatic carbocycles. The fourth-order valence-electron chi connectivity index (χ4n) is 2.28. The number of carbonyl (C=O) groups excluding carboxylic acids is 1. The molecule has 1 N–H and O–H groups in total. The quantitative estimate of drug-likeness (QED) is 0.617. The standard InChI is InChI=1S/C21H24N2O2/c1-15(2)18-7-5-17(6-8-18)13-16(3)14-22-23-21(24)19-9-11-20(25-4)12-10-19/h5-15H,1-4H3,(H,23,24)/b16-13+,22-14-. The minimum absolute atomic E-state index is 0.256. The molecule has 0 spiro atoms. The van der Waals surface area contributed by atoms with Crippen molar-refractivity contribution in [2.24, 2.45) is 5.10 Å². The molecule has 1 amide bonds. The summed E-state index contributed by atoms with van der Waals surface area (Å²) in [5.41, 5.74) is 6.43. The van der Waals surface area contributed by atoms with Gasteiger partial charge in [-0.3, -0.25) is 4.79 Å². The predicted octanol–water partition coefficient (Wildman–Crippen LogP) is 4.64. The van der Waals surface area contributed by atoms with Crippen LogP contribution >= 0.6 is 0 Å². The monoisotopic (exact) mass is 336 g/mol. The van der Waals surface area contributed by atoms with Gasteiger partial charge >= 0.3 is 0 Å². The summed E-state index contributed by atoms with van der Waals surface area (Å²) in [7, 11) is 1.59. The molecular formula is C21H24N2O2. The number of ether oxygens (including phenoxy) is 1. The second kappa shape index (κ2) is 8.83. The van der Waals surface area contributed by atoms with E-state index >= 15 is 0 Å². The minimum atomic E-state index is -0.256. The van der Waals surface area contributed by atoms with Crippen LogP contribution in [0.3, 0.4) is 0 Å². The number of hydrogen-bond acceptors (Lipinski definition) is 3. The molecule has 0 aromatic heterocycles. The molecule has 0 heterocycles. The van der Waals surface area contributed by atoms with Crippen molar-refractivity contribution in [3.63, 3.8) is 0 Å². The Labute approximate surface area is 149 Å². The van der Waals surface area contributed by atoms with E-state index < -0.39 is 0 Å². The lowest BCUT2D eigenvalue weighted by molar-refractivity contribution is 0.0955. The fourth-order valence-corrected chi connectivity index (χ4v) is 2.28. The first-order valence-corrected chi connectivity index (χ1v) is 8.25. The average molecular weight is 336 g/mol. The maximum Gasteiger partial charge on any atom is 0.271 e. The number of hydrazone groups is 1. The number of nitrogens with zero attached hydrogens (tertiary/aromatic N) is 1. The summed E-state index contributed by atoms with van der Waals surface area (Å²) >= 11 is 0. The van der Waals surface area contributed by atoms with Crippen molar-refractivity contribution in [1.82, 2.24) is 5.43 Å². The first kappa shape index (κ1) is 18.5. The molecule has 0 saturated heterocycles. The summed E-state index contributed by atoms with van der Waals surface area (Å²) in [5.74, 6) is 0.976. The Hall–Kier alpha value is -2.88. The Kier molecular flexibility index (Phi) is 6.52. The van der Waals surface area contributed by atoms with Crippen LogP contribution in [-0.2, 0) is 0 Å². The molecule has 0 radical (unpaired) electrons. The summed E-state index contributed by atoms with van der Waals surface area (Å²) in [6, 6.07) is 15.3. The van der Waals surface area contributed by atoms with E-state index in [9.17, 15) is 4.79 Å². The van der Waals surface area contributed by atoms with E-state index in [0.29, 0.717) is 17.2 Å². The highest BCUT2D eigenvalue weighted by Gasteiger charge is 2.03. The van der Waals surface area contributed by atoms with Crippen molar-refractivity contribution >= 4 is 18.2 Å². The Balaban J connectivity index is 1.94. The van der Waals surface area contributed by atoms with Crippen molar-refractivity contribution in [3.8, 4) is 5.75 Å². The van der Waals surface area contributed by atoms with Crippen molar-refractivity contribution in [2.75, 3.05) is 7.11 Å². The van der Waals surface area contributed by atoms with Crippen molar-refractivity contribution in [3.05, 3.63) is 70.8 Å². The summed E-state index contributed by atoms with van der Waals surface area (Å²) < 4.78 is 5.07. The van der Waals surface area contributed by atoms with Gasteiger partial charge in [-0.1, -0.05) is 44.2 Å². The van der Waals surface area contributed by atoms with E-state index in [-0.39, 0.29) is 5.91 Å². The largest absolute Gasteiger partial charge is 0.497 e. The highest BCUT2D eigenvalue weighted by Crippen LogP contribution is 2.16. The zero-order valence-corrected chi connectivity index (χ0v) is 15.1. The van der Waals surface area contributed by atoms with Crippen LogP contribution in [0.25, 0.3) is 6.08 Å². The van der Waals surface area contributed by atoms with Crippen LogP contribution in [0, 0.1) is 0 Å². The van der Waals surface area contributed by atoms with Gasteiger partial charge in [0.05, 0.1) is 13.3 Å². The number of nitrogens with one attached hydrogen (secondary N) is 1. The second-order valence-electron chi connectivity index (χ2n) is 6.14. The van der Waals surface area contributed by atoms with Crippen LogP contribution in [0.5, 0.6) is 5.75 Å². The molecular weight excluding hydrogens is 312 g/mol. The van der Waals surface area contributed by atoms with Crippen LogP contribution in [0.15, 0.2) is 59.2 Å². The van der Waals surface area contributed by atoms with Gasteiger partial charge in [0.2, 0.25) is 0 Å². The summed E-state index contributed by atoms with van der Waals surface area (Å²) in [4.78, 5) is 12.0. The molecule has 0 bridgehead atoms. The van der Waals surface area contributed by atoms with E-state index in [0.717, 1.165) is 11.1 Å². The van der Waals surface area contributed by atoms with Gasteiger partial charge in [0, 0.05) is 5.56 Å². The number of rotatable bonds is 6. The first-order valence-electron chi connectivity index (χ1n) is 8.25. The number of allylic oxidation sites excluding steroid dienone is 1. The van der Waals surface area contributed by atoms with Gasteiger partial charge in [0.15, 0.2) is 0 Å². The molecule has 0 saturated carbocycles. The Morgan fingerprint density at radius 3 is 2.28 bits per heavy atom. The maximum atomic E-state index is 12.0. The lowest BCUT2D eigenvalue weighted by Crippen LogP contribution is -2.17. The molecule has 0 aliphatic heterocycles. The molecule has 25 heavy (non-hydrogen) atoms. The zero-order valence-electron chi connectivity index (χ0n) is 15.1. The third kappa shape index (κ3) is 5.60. The first-order chi connectivity index (χ1) is 12.0. The molecule has 2 aromatic rings. The molecule has 0 aliphatic rings. The molecule has 4 nitrogen and oxygen atoms in total. The summed E-state index contributed by atoms with van der Waals surface area (Å²) in [5, 5.41) is 4.01.